The molecule has 1 unspecified atom stereocenters. The topological polar surface area (TPSA) is 87.5 Å². The lowest BCUT2D eigenvalue weighted by Gasteiger charge is -2.35. The molecule has 1 atom stereocenters. The number of nitro groups is 1. The lowest BCUT2D eigenvalue weighted by Crippen LogP contribution is -2.46. The number of amides is 1. The van der Waals surface area contributed by atoms with Gasteiger partial charge in [0.25, 0.3) is 5.69 Å². The van der Waals surface area contributed by atoms with Crippen LogP contribution in [0.2, 0.25) is 0 Å². The van der Waals surface area contributed by atoms with Crippen LogP contribution < -0.4 is 10.6 Å². The van der Waals surface area contributed by atoms with Crippen LogP contribution in [0.15, 0.2) is 24.3 Å². The lowest BCUT2D eigenvalue weighted by molar-refractivity contribution is -0.383. The maximum atomic E-state index is 12.5. The summed E-state index contributed by atoms with van der Waals surface area (Å²) < 4.78 is 0. The normalized spacial score (nSPS) is 17.4. The Balaban J connectivity index is 1.90. The van der Waals surface area contributed by atoms with Gasteiger partial charge in [-0.05, 0) is 64.9 Å². The van der Waals surface area contributed by atoms with Crippen molar-refractivity contribution >= 4 is 17.3 Å². The van der Waals surface area contributed by atoms with Crippen molar-refractivity contribution in [2.75, 3.05) is 32.0 Å². The number of carbonyl (C=O) groups excluding carboxylic acids is 1. The van der Waals surface area contributed by atoms with Crippen LogP contribution in [-0.2, 0) is 4.79 Å². The number of anilines is 1. The summed E-state index contributed by atoms with van der Waals surface area (Å²) in [6, 6.07) is 5.93. The van der Waals surface area contributed by atoms with Crippen molar-refractivity contribution in [2.24, 2.45) is 5.92 Å². The highest BCUT2D eigenvalue weighted by Gasteiger charge is 2.27. The van der Waals surface area contributed by atoms with E-state index in [1.807, 2.05) is 14.0 Å². The van der Waals surface area contributed by atoms with E-state index in [0.717, 1.165) is 32.5 Å². The van der Waals surface area contributed by atoms with Crippen LogP contribution in [0.1, 0.15) is 26.2 Å². The maximum absolute atomic E-state index is 12.5. The number of hydrogen-bond donors (Lipinski definition) is 2. The molecule has 1 fully saturated rings. The minimum absolute atomic E-state index is 0.0798. The minimum Gasteiger partial charge on any atom is -0.320 e. The third kappa shape index (κ3) is 4.75. The maximum Gasteiger partial charge on any atom is 0.292 e. The fourth-order valence-corrected chi connectivity index (χ4v) is 3.12. The molecular formula is C17H26N4O3. The second kappa shape index (κ2) is 8.75. The van der Waals surface area contributed by atoms with E-state index in [0.29, 0.717) is 5.92 Å². The molecule has 1 saturated heterocycles. The standard InChI is InChI=1S/C17H26N4O3/c1-13(20-11-8-14(9-12-20)7-10-18-2)17(22)19-15-5-3-4-6-16(15)21(23)24/h3-6,13-14,18H,7-12H2,1-2H3,(H,19,22). The number of nitrogens with one attached hydrogen (secondary N) is 2. The average Bonchev–Trinajstić information content (AvgIpc) is 2.60. The van der Waals surface area contributed by atoms with Crippen molar-refractivity contribution in [3.8, 4) is 0 Å². The van der Waals surface area contributed by atoms with E-state index < -0.39 is 4.92 Å². The molecule has 2 N–H and O–H groups in total. The molecular weight excluding hydrogens is 308 g/mol. The van der Waals surface area contributed by atoms with Crippen molar-refractivity contribution in [1.82, 2.24) is 10.2 Å². The van der Waals surface area contributed by atoms with Gasteiger partial charge in [0.15, 0.2) is 0 Å². The van der Waals surface area contributed by atoms with Crippen LogP contribution in [0, 0.1) is 16.0 Å². The number of nitro benzene ring substituents is 1. The first-order valence-electron chi connectivity index (χ1n) is 8.46. The van der Waals surface area contributed by atoms with Gasteiger partial charge in [-0.15, -0.1) is 0 Å². The van der Waals surface area contributed by atoms with Crippen LogP contribution in [0.4, 0.5) is 11.4 Å². The summed E-state index contributed by atoms with van der Waals surface area (Å²) >= 11 is 0. The molecule has 24 heavy (non-hydrogen) atoms. The zero-order valence-electron chi connectivity index (χ0n) is 14.3. The summed E-state index contributed by atoms with van der Waals surface area (Å²) in [5.74, 6) is 0.511. The Morgan fingerprint density at radius 1 is 1.38 bits per heavy atom. The number of nitrogens with zero attached hydrogens (tertiary/aromatic N) is 2. The summed E-state index contributed by atoms with van der Waals surface area (Å²) in [4.78, 5) is 25.2. The molecule has 0 aromatic heterocycles. The van der Waals surface area contributed by atoms with Crippen LogP contribution in [0.5, 0.6) is 0 Å². The smallest absolute Gasteiger partial charge is 0.292 e. The van der Waals surface area contributed by atoms with E-state index in [1.54, 1.807) is 18.2 Å². The van der Waals surface area contributed by atoms with Crippen LogP contribution in [-0.4, -0.2) is 48.5 Å². The van der Waals surface area contributed by atoms with Gasteiger partial charge in [-0.2, -0.15) is 0 Å². The fourth-order valence-electron chi connectivity index (χ4n) is 3.12. The first-order valence-corrected chi connectivity index (χ1v) is 8.46. The predicted octanol–water partition coefficient (Wildman–Crippen LogP) is 2.24. The van der Waals surface area contributed by atoms with E-state index in [1.165, 1.54) is 12.5 Å². The van der Waals surface area contributed by atoms with E-state index in [4.69, 9.17) is 0 Å². The molecule has 0 saturated carbocycles. The predicted molar refractivity (Wildman–Crippen MR) is 94.0 cm³/mol. The number of carbonyl (C=O) groups is 1. The molecule has 7 nitrogen and oxygen atoms in total. The number of likely N-dealkylation sites (tertiary alicyclic amines) is 1. The Kier molecular flexibility index (Phi) is 6.69. The average molecular weight is 334 g/mol. The third-order valence-electron chi connectivity index (χ3n) is 4.74. The summed E-state index contributed by atoms with van der Waals surface area (Å²) in [5.41, 5.74) is 0.173. The SMILES string of the molecule is CNCCC1CCN(C(C)C(=O)Nc2ccccc2[N+](=O)[O-])CC1. The number of rotatable bonds is 7. The number of para-hydroxylation sites is 2. The van der Waals surface area contributed by atoms with Crippen LogP contribution >= 0.6 is 0 Å². The van der Waals surface area contributed by atoms with E-state index >= 15 is 0 Å². The van der Waals surface area contributed by atoms with Gasteiger partial charge in [0.1, 0.15) is 5.69 Å². The molecule has 1 aromatic rings. The second-order valence-electron chi connectivity index (χ2n) is 6.31. The Morgan fingerprint density at radius 2 is 2.04 bits per heavy atom. The fraction of sp³-hybridized carbons (Fsp3) is 0.588. The quantitative estimate of drug-likeness (QED) is 0.590. The van der Waals surface area contributed by atoms with Gasteiger partial charge >= 0.3 is 0 Å². The van der Waals surface area contributed by atoms with Crippen LogP contribution in [0.25, 0.3) is 0 Å². The van der Waals surface area contributed by atoms with Crippen molar-refractivity contribution in [1.29, 1.82) is 0 Å². The molecule has 2 rings (SSSR count). The van der Waals surface area contributed by atoms with Crippen molar-refractivity contribution < 1.29 is 9.72 Å². The Hall–Kier alpha value is -1.99. The summed E-state index contributed by atoms with van der Waals surface area (Å²) in [7, 11) is 1.96. The lowest BCUT2D eigenvalue weighted by atomic mass is 9.93. The van der Waals surface area contributed by atoms with Crippen molar-refractivity contribution in [3.05, 3.63) is 34.4 Å². The molecule has 1 amide bonds. The van der Waals surface area contributed by atoms with Gasteiger partial charge in [0, 0.05) is 6.07 Å². The highest BCUT2D eigenvalue weighted by Crippen LogP contribution is 2.25. The third-order valence-corrected chi connectivity index (χ3v) is 4.74. The number of piperidine rings is 1. The molecule has 0 spiro atoms. The molecule has 1 aliphatic heterocycles. The second-order valence-corrected chi connectivity index (χ2v) is 6.31. The summed E-state index contributed by atoms with van der Waals surface area (Å²) in [6.45, 7) is 4.66. The van der Waals surface area contributed by atoms with Gasteiger partial charge < -0.3 is 10.6 Å². The van der Waals surface area contributed by atoms with E-state index in [-0.39, 0.29) is 23.3 Å². The van der Waals surface area contributed by atoms with Crippen molar-refractivity contribution in [3.63, 3.8) is 0 Å². The molecule has 0 bridgehead atoms. The summed E-state index contributed by atoms with van der Waals surface area (Å²) in [5, 5.41) is 16.9. The molecule has 0 aliphatic carbocycles. The van der Waals surface area contributed by atoms with Gasteiger partial charge in [-0.25, -0.2) is 0 Å². The number of hydrogen-bond acceptors (Lipinski definition) is 5. The highest BCUT2D eigenvalue weighted by atomic mass is 16.6. The van der Waals surface area contributed by atoms with Gasteiger partial charge in [-0.3, -0.25) is 19.8 Å². The van der Waals surface area contributed by atoms with Crippen molar-refractivity contribution in [2.45, 2.75) is 32.2 Å². The zero-order valence-corrected chi connectivity index (χ0v) is 14.3. The monoisotopic (exact) mass is 334 g/mol. The van der Waals surface area contributed by atoms with Crippen LogP contribution in [0.3, 0.4) is 0 Å². The minimum atomic E-state index is -0.479. The Labute approximate surface area is 142 Å². The molecule has 1 aliphatic rings. The molecule has 1 aromatic carbocycles. The van der Waals surface area contributed by atoms with E-state index in [2.05, 4.69) is 15.5 Å². The molecule has 7 heteroatoms. The molecule has 1 heterocycles. The Bertz CT molecular complexity index is 571. The summed E-state index contributed by atoms with van der Waals surface area (Å²) in [6.07, 6.45) is 3.34. The first kappa shape index (κ1) is 18.4. The van der Waals surface area contributed by atoms with Gasteiger partial charge in [-0.1, -0.05) is 12.1 Å². The largest absolute Gasteiger partial charge is 0.320 e. The molecule has 132 valence electrons. The first-order chi connectivity index (χ1) is 11.5. The number of benzene rings is 1. The van der Waals surface area contributed by atoms with Gasteiger partial charge in [0.2, 0.25) is 5.91 Å². The Morgan fingerprint density at radius 3 is 2.67 bits per heavy atom. The zero-order chi connectivity index (χ0) is 17.5. The van der Waals surface area contributed by atoms with Gasteiger partial charge in [0.05, 0.1) is 11.0 Å². The molecule has 0 radical (unpaired) electrons. The van der Waals surface area contributed by atoms with E-state index in [9.17, 15) is 14.9 Å². The highest BCUT2D eigenvalue weighted by molar-refractivity contribution is 5.96.